The van der Waals surface area contributed by atoms with E-state index >= 15 is 0 Å². The van der Waals surface area contributed by atoms with Gasteiger partial charge in [0.1, 0.15) is 11.6 Å². The fourth-order valence-electron chi connectivity index (χ4n) is 3.25. The standard InChI is InChI=1S/C23H23F2N7O2S/c1-4-26-23(33)27-19-12-18(30-32-13(3)28-29-22(19)32)16-11-15(31-35-5-2)7-9-20(16)34-21-8-6-14(24)10-17(21)25/h6-12,31H,4-5H2,1-3H3,(H2,26,27,33). The highest BCUT2D eigenvalue weighted by Gasteiger charge is 2.18. The number of hydrogen-bond acceptors (Lipinski definition) is 7. The number of nitrogens with one attached hydrogen (secondary N) is 3. The van der Waals surface area contributed by atoms with Gasteiger partial charge in [-0.15, -0.1) is 10.2 Å². The summed E-state index contributed by atoms with van der Waals surface area (Å²) < 4.78 is 38.3. The fourth-order valence-corrected chi connectivity index (χ4v) is 3.69. The van der Waals surface area contributed by atoms with Gasteiger partial charge in [0.15, 0.2) is 17.4 Å². The second-order valence-corrected chi connectivity index (χ2v) is 8.40. The molecule has 0 atom stereocenters. The summed E-state index contributed by atoms with van der Waals surface area (Å²) in [4.78, 5) is 12.2. The number of urea groups is 1. The largest absolute Gasteiger partial charge is 0.454 e. The van der Waals surface area contributed by atoms with Crippen molar-refractivity contribution in [1.29, 1.82) is 0 Å². The molecular weight excluding hydrogens is 476 g/mol. The summed E-state index contributed by atoms with van der Waals surface area (Å²) >= 11 is 1.50. The first-order valence-electron chi connectivity index (χ1n) is 10.8. The van der Waals surface area contributed by atoms with Crippen molar-refractivity contribution in [1.82, 2.24) is 25.1 Å². The van der Waals surface area contributed by atoms with Gasteiger partial charge in [-0.05, 0) is 50.2 Å². The maximum absolute atomic E-state index is 14.3. The van der Waals surface area contributed by atoms with Gasteiger partial charge in [-0.25, -0.2) is 13.6 Å². The number of fused-ring (bicyclic) bond motifs is 1. The Bertz CT molecular complexity index is 1380. The molecule has 0 aliphatic carbocycles. The molecule has 35 heavy (non-hydrogen) atoms. The molecule has 0 aliphatic rings. The van der Waals surface area contributed by atoms with Crippen molar-refractivity contribution in [2.24, 2.45) is 0 Å². The molecular formula is C23H23F2N7O2S. The first-order valence-corrected chi connectivity index (χ1v) is 11.8. The van der Waals surface area contributed by atoms with Crippen LogP contribution < -0.4 is 20.1 Å². The van der Waals surface area contributed by atoms with E-state index in [1.54, 1.807) is 38.1 Å². The van der Waals surface area contributed by atoms with Crippen molar-refractivity contribution in [2.45, 2.75) is 20.8 Å². The predicted molar refractivity (Wildman–Crippen MR) is 132 cm³/mol. The zero-order valence-electron chi connectivity index (χ0n) is 19.2. The van der Waals surface area contributed by atoms with Crippen LogP contribution in [0.1, 0.15) is 19.7 Å². The first-order chi connectivity index (χ1) is 16.9. The number of anilines is 2. The van der Waals surface area contributed by atoms with Gasteiger partial charge in [0.05, 0.1) is 11.4 Å². The number of rotatable bonds is 8. The Hall–Kier alpha value is -3.93. The van der Waals surface area contributed by atoms with Gasteiger partial charge in [0.2, 0.25) is 5.65 Å². The van der Waals surface area contributed by atoms with E-state index in [1.807, 2.05) is 6.92 Å². The van der Waals surface area contributed by atoms with Crippen LogP contribution in [0, 0.1) is 18.6 Å². The quantitative estimate of drug-likeness (QED) is 0.279. The molecule has 4 rings (SSSR count). The molecule has 0 unspecified atom stereocenters. The van der Waals surface area contributed by atoms with Crippen molar-refractivity contribution in [2.75, 3.05) is 22.3 Å². The van der Waals surface area contributed by atoms with Gasteiger partial charge in [0.25, 0.3) is 0 Å². The molecule has 0 spiro atoms. The van der Waals surface area contributed by atoms with Gasteiger partial charge >= 0.3 is 6.03 Å². The van der Waals surface area contributed by atoms with Crippen LogP contribution in [0.2, 0.25) is 0 Å². The normalized spacial score (nSPS) is 10.9. The number of ether oxygens (including phenoxy) is 1. The van der Waals surface area contributed by atoms with Crippen LogP contribution in [0.15, 0.2) is 42.5 Å². The molecule has 2 aromatic heterocycles. The Balaban J connectivity index is 1.85. The zero-order chi connectivity index (χ0) is 24.9. The summed E-state index contributed by atoms with van der Waals surface area (Å²) in [5.41, 5.74) is 2.42. The third-order valence-corrected chi connectivity index (χ3v) is 5.48. The summed E-state index contributed by atoms with van der Waals surface area (Å²) in [6.07, 6.45) is 0. The van der Waals surface area contributed by atoms with E-state index in [4.69, 9.17) is 4.74 Å². The van der Waals surface area contributed by atoms with Crippen molar-refractivity contribution in [3.05, 3.63) is 59.9 Å². The lowest BCUT2D eigenvalue weighted by molar-refractivity contribution is 0.252. The maximum Gasteiger partial charge on any atom is 0.319 e. The zero-order valence-corrected chi connectivity index (χ0v) is 20.0. The lowest BCUT2D eigenvalue weighted by Crippen LogP contribution is -2.28. The topological polar surface area (TPSA) is 105 Å². The molecule has 0 bridgehead atoms. The number of halogens is 2. The van der Waals surface area contributed by atoms with E-state index in [9.17, 15) is 13.6 Å². The number of amides is 2. The number of hydrogen-bond donors (Lipinski definition) is 3. The molecule has 12 heteroatoms. The number of aryl methyl sites for hydroxylation is 1. The molecule has 0 aliphatic heterocycles. The molecule has 0 saturated carbocycles. The number of carbonyl (C=O) groups is 1. The Kier molecular flexibility index (Phi) is 7.30. The van der Waals surface area contributed by atoms with Crippen molar-refractivity contribution in [3.8, 4) is 22.8 Å². The van der Waals surface area contributed by atoms with E-state index < -0.39 is 17.7 Å². The number of carbonyl (C=O) groups excluding carboxylic acids is 1. The van der Waals surface area contributed by atoms with E-state index in [1.165, 1.54) is 22.5 Å². The van der Waals surface area contributed by atoms with E-state index in [0.717, 1.165) is 23.6 Å². The van der Waals surface area contributed by atoms with Crippen molar-refractivity contribution in [3.63, 3.8) is 0 Å². The first kappa shape index (κ1) is 24.2. The van der Waals surface area contributed by atoms with E-state index in [2.05, 4.69) is 30.7 Å². The van der Waals surface area contributed by atoms with Crippen LogP contribution in [-0.4, -0.2) is 38.1 Å². The van der Waals surface area contributed by atoms with Gasteiger partial charge in [-0.3, -0.25) is 0 Å². The molecule has 0 fully saturated rings. The van der Waals surface area contributed by atoms with Gasteiger partial charge in [-0.1, -0.05) is 18.9 Å². The summed E-state index contributed by atoms with van der Waals surface area (Å²) in [7, 11) is 0. The van der Waals surface area contributed by atoms with Gasteiger partial charge in [0, 0.05) is 29.6 Å². The second kappa shape index (κ2) is 10.6. The van der Waals surface area contributed by atoms with Crippen LogP contribution in [0.3, 0.4) is 0 Å². The summed E-state index contributed by atoms with van der Waals surface area (Å²) in [6.45, 7) is 5.99. The van der Waals surface area contributed by atoms with E-state index in [-0.39, 0.29) is 11.5 Å². The van der Waals surface area contributed by atoms with Gasteiger partial charge in [-0.2, -0.15) is 9.61 Å². The SMILES string of the molecule is CCNC(=O)Nc1cc(-c2cc(NSCC)ccc2Oc2ccc(F)cc2F)nn2c(C)nnc12. The predicted octanol–water partition coefficient (Wildman–Crippen LogP) is 5.39. The van der Waals surface area contributed by atoms with Gasteiger partial charge < -0.3 is 20.1 Å². The van der Waals surface area contributed by atoms with Crippen LogP contribution >= 0.6 is 11.9 Å². The number of benzene rings is 2. The van der Waals surface area contributed by atoms with Crippen LogP contribution in [0.25, 0.3) is 16.9 Å². The Morgan fingerprint density at radius 1 is 1.09 bits per heavy atom. The average molecular weight is 500 g/mol. The lowest BCUT2D eigenvalue weighted by atomic mass is 10.1. The summed E-state index contributed by atoms with van der Waals surface area (Å²) in [5, 5.41) is 18.2. The smallest absolute Gasteiger partial charge is 0.319 e. The minimum atomic E-state index is -0.837. The average Bonchev–Trinajstić information content (AvgIpc) is 3.21. The highest BCUT2D eigenvalue weighted by Crippen LogP contribution is 2.37. The van der Waals surface area contributed by atoms with Crippen molar-refractivity contribution >= 4 is 35.0 Å². The third-order valence-electron chi connectivity index (χ3n) is 4.82. The molecule has 182 valence electrons. The molecule has 2 aromatic carbocycles. The number of nitrogens with zero attached hydrogens (tertiary/aromatic N) is 4. The highest BCUT2D eigenvalue weighted by atomic mass is 32.2. The lowest BCUT2D eigenvalue weighted by Gasteiger charge is -2.15. The third kappa shape index (κ3) is 5.43. The monoisotopic (exact) mass is 499 g/mol. The van der Waals surface area contributed by atoms with Crippen LogP contribution in [0.5, 0.6) is 11.5 Å². The minimum absolute atomic E-state index is 0.140. The highest BCUT2D eigenvalue weighted by molar-refractivity contribution is 8.00. The fraction of sp³-hybridized carbons (Fsp3) is 0.217. The van der Waals surface area contributed by atoms with E-state index in [0.29, 0.717) is 35.0 Å². The molecule has 4 aromatic rings. The van der Waals surface area contributed by atoms with Crippen LogP contribution in [-0.2, 0) is 0 Å². The molecule has 9 nitrogen and oxygen atoms in total. The Labute approximate surface area is 204 Å². The second-order valence-electron chi connectivity index (χ2n) is 7.33. The molecule has 3 N–H and O–H groups in total. The van der Waals surface area contributed by atoms with Crippen LogP contribution in [0.4, 0.5) is 25.0 Å². The van der Waals surface area contributed by atoms with Crippen molar-refractivity contribution < 1.29 is 18.3 Å². The molecule has 0 saturated heterocycles. The summed E-state index contributed by atoms with van der Waals surface area (Å²) in [5.74, 6) is -0.0656. The molecule has 2 heterocycles. The molecule has 0 radical (unpaired) electrons. The minimum Gasteiger partial charge on any atom is -0.454 e. The number of aromatic nitrogens is 4. The Morgan fingerprint density at radius 2 is 1.89 bits per heavy atom. The maximum atomic E-state index is 14.3. The molecule has 2 amide bonds. The summed E-state index contributed by atoms with van der Waals surface area (Å²) in [6, 6.07) is 9.55. The Morgan fingerprint density at radius 3 is 2.63 bits per heavy atom.